The zero-order valence-electron chi connectivity index (χ0n) is 14.4. The summed E-state index contributed by atoms with van der Waals surface area (Å²) in [6.45, 7) is 7.93. The van der Waals surface area contributed by atoms with E-state index in [9.17, 15) is 9.59 Å². The van der Waals surface area contributed by atoms with E-state index in [0.29, 0.717) is 19.6 Å². The van der Waals surface area contributed by atoms with Crippen LogP contribution in [0.15, 0.2) is 43.0 Å². The van der Waals surface area contributed by atoms with Gasteiger partial charge >= 0.3 is 6.03 Å². The Bertz CT molecular complexity index is 559. The Labute approximate surface area is 144 Å². The molecule has 1 N–H and O–H groups in total. The first-order chi connectivity index (χ1) is 11.6. The highest BCUT2D eigenvalue weighted by molar-refractivity contribution is 5.75. The molecule has 1 aromatic rings. The topological polar surface area (TPSA) is 52.7 Å². The number of rotatable bonds is 5. The van der Waals surface area contributed by atoms with E-state index in [-0.39, 0.29) is 18.0 Å². The average molecular weight is 329 g/mol. The Morgan fingerprint density at radius 3 is 2.50 bits per heavy atom. The van der Waals surface area contributed by atoms with Gasteiger partial charge in [0, 0.05) is 33.1 Å². The van der Waals surface area contributed by atoms with Crippen LogP contribution in [0.1, 0.15) is 37.8 Å². The first-order valence-corrected chi connectivity index (χ1v) is 8.58. The van der Waals surface area contributed by atoms with Crippen LogP contribution in [0.3, 0.4) is 0 Å². The molecular weight excluding hydrogens is 302 g/mol. The van der Waals surface area contributed by atoms with Gasteiger partial charge in [-0.3, -0.25) is 4.79 Å². The summed E-state index contributed by atoms with van der Waals surface area (Å²) in [5.41, 5.74) is 1.10. The van der Waals surface area contributed by atoms with Crippen LogP contribution >= 0.6 is 0 Å². The van der Waals surface area contributed by atoms with E-state index in [1.54, 1.807) is 11.8 Å². The third-order valence-corrected chi connectivity index (χ3v) is 4.39. The Kier molecular flexibility index (Phi) is 6.85. The lowest BCUT2D eigenvalue weighted by molar-refractivity contribution is -0.128. The highest BCUT2D eigenvalue weighted by atomic mass is 16.2. The number of carbonyl (C=O) groups excluding carboxylic acids is 2. The van der Waals surface area contributed by atoms with Crippen LogP contribution in [0.5, 0.6) is 0 Å². The Morgan fingerprint density at radius 1 is 1.17 bits per heavy atom. The smallest absolute Gasteiger partial charge is 0.317 e. The first kappa shape index (κ1) is 18.0. The minimum atomic E-state index is -0.0571. The molecule has 0 aromatic heterocycles. The van der Waals surface area contributed by atoms with E-state index in [4.69, 9.17) is 0 Å². The molecule has 2 rings (SSSR count). The fraction of sp³-hybridized carbons (Fsp3) is 0.474. The summed E-state index contributed by atoms with van der Waals surface area (Å²) in [6.07, 6.45) is 4.36. The number of hydrogen-bond acceptors (Lipinski definition) is 2. The van der Waals surface area contributed by atoms with Gasteiger partial charge in [-0.15, -0.1) is 6.58 Å². The molecule has 1 aromatic carbocycles. The van der Waals surface area contributed by atoms with Gasteiger partial charge < -0.3 is 15.1 Å². The number of nitrogens with zero attached hydrogens (tertiary/aromatic N) is 2. The van der Waals surface area contributed by atoms with Crippen LogP contribution in [0.2, 0.25) is 0 Å². The highest BCUT2D eigenvalue weighted by Crippen LogP contribution is 2.19. The van der Waals surface area contributed by atoms with Gasteiger partial charge in [-0.2, -0.15) is 0 Å². The maximum atomic E-state index is 12.7. The molecule has 0 radical (unpaired) electrons. The minimum Gasteiger partial charge on any atom is -0.341 e. The van der Waals surface area contributed by atoms with E-state index < -0.39 is 0 Å². The van der Waals surface area contributed by atoms with E-state index in [0.717, 1.165) is 31.4 Å². The molecule has 24 heavy (non-hydrogen) atoms. The van der Waals surface area contributed by atoms with Gasteiger partial charge in [-0.25, -0.2) is 4.79 Å². The van der Waals surface area contributed by atoms with Gasteiger partial charge in [-0.05, 0) is 24.8 Å². The van der Waals surface area contributed by atoms with Gasteiger partial charge in [-0.1, -0.05) is 36.4 Å². The number of carbonyl (C=O) groups is 2. The molecule has 0 unspecified atom stereocenters. The maximum absolute atomic E-state index is 12.7. The van der Waals surface area contributed by atoms with Crippen LogP contribution in [0, 0.1) is 0 Å². The lowest BCUT2D eigenvalue weighted by Gasteiger charge is -2.26. The van der Waals surface area contributed by atoms with Gasteiger partial charge in [0.15, 0.2) is 0 Å². The Balaban J connectivity index is 1.99. The molecule has 1 atom stereocenters. The molecule has 1 aliphatic rings. The first-order valence-electron chi connectivity index (χ1n) is 8.58. The molecule has 0 bridgehead atoms. The van der Waals surface area contributed by atoms with Crippen molar-refractivity contribution in [3.8, 4) is 0 Å². The number of allylic oxidation sites excluding steroid dienone is 1. The molecule has 0 spiro atoms. The predicted octanol–water partition coefficient (Wildman–Crippen LogP) is 2.96. The molecule has 5 heteroatoms. The summed E-state index contributed by atoms with van der Waals surface area (Å²) in [5, 5.41) is 3.15. The summed E-state index contributed by atoms with van der Waals surface area (Å²) in [6, 6.07) is 9.93. The second-order valence-corrected chi connectivity index (χ2v) is 6.13. The largest absolute Gasteiger partial charge is 0.341 e. The van der Waals surface area contributed by atoms with Gasteiger partial charge in [0.1, 0.15) is 0 Å². The van der Waals surface area contributed by atoms with Crippen molar-refractivity contribution in [1.29, 1.82) is 0 Å². The van der Waals surface area contributed by atoms with Crippen LogP contribution in [0.25, 0.3) is 0 Å². The van der Waals surface area contributed by atoms with Crippen LogP contribution in [-0.4, -0.2) is 47.9 Å². The lowest BCUT2D eigenvalue weighted by atomic mass is 10.0. The zero-order chi connectivity index (χ0) is 17.4. The molecule has 130 valence electrons. The standard InChI is InChI=1S/C19H27N3O2/c1-3-4-11-18(17-9-6-5-7-10-17)20-19(24)22-13-8-12-21(14-15-22)16(2)23/h3,5-7,9-10,18H,1,4,8,11-15H2,2H3,(H,20,24)/t18-/m0/s1. The van der Waals surface area contributed by atoms with Gasteiger partial charge in [0.25, 0.3) is 0 Å². The van der Waals surface area contributed by atoms with Crippen molar-refractivity contribution >= 4 is 11.9 Å². The molecule has 1 aliphatic heterocycles. The fourth-order valence-corrected chi connectivity index (χ4v) is 2.97. The molecule has 1 saturated heterocycles. The summed E-state index contributed by atoms with van der Waals surface area (Å²) in [7, 11) is 0. The van der Waals surface area contributed by atoms with Gasteiger partial charge in [0.05, 0.1) is 6.04 Å². The third-order valence-electron chi connectivity index (χ3n) is 4.39. The summed E-state index contributed by atoms with van der Waals surface area (Å²) < 4.78 is 0. The van der Waals surface area contributed by atoms with E-state index >= 15 is 0 Å². The molecule has 5 nitrogen and oxygen atoms in total. The second kappa shape index (κ2) is 9.11. The fourth-order valence-electron chi connectivity index (χ4n) is 2.97. The normalized spacial score (nSPS) is 16.2. The molecule has 0 saturated carbocycles. The van der Waals surface area contributed by atoms with Crippen molar-refractivity contribution in [2.45, 2.75) is 32.2 Å². The second-order valence-electron chi connectivity index (χ2n) is 6.13. The number of urea groups is 1. The maximum Gasteiger partial charge on any atom is 0.317 e. The van der Waals surface area contributed by atoms with Crippen LogP contribution < -0.4 is 5.32 Å². The van der Waals surface area contributed by atoms with E-state index in [1.807, 2.05) is 41.3 Å². The molecule has 1 heterocycles. The van der Waals surface area contributed by atoms with Gasteiger partial charge in [0.2, 0.25) is 5.91 Å². The number of benzene rings is 1. The van der Waals surface area contributed by atoms with Crippen molar-refractivity contribution < 1.29 is 9.59 Å². The number of hydrogen-bond donors (Lipinski definition) is 1. The molecule has 0 aliphatic carbocycles. The quantitative estimate of drug-likeness (QED) is 0.845. The Morgan fingerprint density at radius 2 is 1.83 bits per heavy atom. The molecular formula is C19H27N3O2. The van der Waals surface area contributed by atoms with Crippen LogP contribution in [0.4, 0.5) is 4.79 Å². The predicted molar refractivity (Wildman–Crippen MR) is 95.6 cm³/mol. The van der Waals surface area contributed by atoms with Crippen molar-refractivity contribution in [2.75, 3.05) is 26.2 Å². The summed E-state index contributed by atoms with van der Waals surface area (Å²) >= 11 is 0. The van der Waals surface area contributed by atoms with Crippen molar-refractivity contribution in [1.82, 2.24) is 15.1 Å². The zero-order valence-corrected chi connectivity index (χ0v) is 14.4. The lowest BCUT2D eigenvalue weighted by Crippen LogP contribution is -2.43. The SMILES string of the molecule is C=CCC[C@H](NC(=O)N1CCCN(C(C)=O)CC1)c1ccccc1. The molecule has 3 amide bonds. The monoisotopic (exact) mass is 329 g/mol. The minimum absolute atomic E-state index is 0.0242. The summed E-state index contributed by atoms with van der Waals surface area (Å²) in [4.78, 5) is 27.8. The van der Waals surface area contributed by atoms with Crippen LogP contribution in [-0.2, 0) is 4.79 Å². The van der Waals surface area contributed by atoms with Crippen molar-refractivity contribution in [3.05, 3.63) is 48.6 Å². The van der Waals surface area contributed by atoms with E-state index in [1.165, 1.54) is 0 Å². The highest BCUT2D eigenvalue weighted by Gasteiger charge is 2.22. The van der Waals surface area contributed by atoms with Crippen molar-refractivity contribution in [2.24, 2.45) is 0 Å². The Hall–Kier alpha value is -2.30. The molecule has 1 fully saturated rings. The number of amides is 3. The van der Waals surface area contributed by atoms with Crippen molar-refractivity contribution in [3.63, 3.8) is 0 Å². The third kappa shape index (κ3) is 5.11. The van der Waals surface area contributed by atoms with E-state index in [2.05, 4.69) is 11.9 Å². The average Bonchev–Trinajstić information content (AvgIpc) is 2.85. The summed E-state index contributed by atoms with van der Waals surface area (Å²) in [5.74, 6) is 0.0744. The number of nitrogens with one attached hydrogen (secondary N) is 1.